The van der Waals surface area contributed by atoms with Crippen LogP contribution in [0.1, 0.15) is 18.4 Å². The lowest BCUT2D eigenvalue weighted by Crippen LogP contribution is -2.31. The van der Waals surface area contributed by atoms with Crippen LogP contribution in [0.4, 0.5) is 5.95 Å². The highest BCUT2D eigenvalue weighted by atomic mass is 16.5. The predicted molar refractivity (Wildman–Crippen MR) is 80.2 cm³/mol. The summed E-state index contributed by atoms with van der Waals surface area (Å²) in [5, 5.41) is 9.32. The first-order valence-corrected chi connectivity index (χ1v) is 7.82. The number of rotatable bonds is 4. The summed E-state index contributed by atoms with van der Waals surface area (Å²) in [5.74, 6) is 1.06. The quantitative estimate of drug-likeness (QED) is 0.873. The predicted octanol–water partition coefficient (Wildman–Crippen LogP) is 0.517. The maximum Gasteiger partial charge on any atom is 0.225 e. The van der Waals surface area contributed by atoms with Gasteiger partial charge in [-0.25, -0.2) is 9.97 Å². The molecule has 6 nitrogen and oxygen atoms in total. The van der Waals surface area contributed by atoms with Crippen LogP contribution in [0.5, 0.6) is 0 Å². The van der Waals surface area contributed by atoms with Crippen LogP contribution in [0.15, 0.2) is 12.4 Å². The molecule has 116 valence electrons. The van der Waals surface area contributed by atoms with Crippen molar-refractivity contribution in [1.29, 1.82) is 0 Å². The van der Waals surface area contributed by atoms with Crippen molar-refractivity contribution < 1.29 is 9.84 Å². The largest absolute Gasteiger partial charge is 0.396 e. The van der Waals surface area contributed by atoms with E-state index in [9.17, 15) is 5.11 Å². The highest BCUT2D eigenvalue weighted by Gasteiger charge is 2.19. The van der Waals surface area contributed by atoms with Crippen molar-refractivity contribution in [2.75, 3.05) is 50.9 Å². The molecular weight excluding hydrogens is 268 g/mol. The Labute approximate surface area is 125 Å². The van der Waals surface area contributed by atoms with Crippen LogP contribution >= 0.6 is 0 Å². The number of anilines is 1. The molecule has 0 radical (unpaired) electrons. The molecule has 6 heteroatoms. The van der Waals surface area contributed by atoms with Gasteiger partial charge in [0.2, 0.25) is 5.95 Å². The lowest BCUT2D eigenvalue weighted by atomic mass is 10.1. The van der Waals surface area contributed by atoms with Crippen LogP contribution in [0.25, 0.3) is 0 Å². The van der Waals surface area contributed by atoms with Crippen molar-refractivity contribution >= 4 is 5.95 Å². The van der Waals surface area contributed by atoms with Gasteiger partial charge in [-0.05, 0) is 12.8 Å². The van der Waals surface area contributed by atoms with E-state index < -0.39 is 0 Å². The fraction of sp³-hybridized carbons (Fsp3) is 0.733. The molecule has 0 unspecified atom stereocenters. The SMILES string of the molecule is OC[C@H]1COCCN(Cc2cnc(N3CCCC3)nc2)C1. The molecule has 1 atom stereocenters. The first-order valence-electron chi connectivity index (χ1n) is 7.82. The van der Waals surface area contributed by atoms with Gasteiger partial charge in [0.25, 0.3) is 0 Å². The number of nitrogens with zero attached hydrogens (tertiary/aromatic N) is 4. The third-order valence-electron chi connectivity index (χ3n) is 4.17. The molecule has 2 aliphatic heterocycles. The summed E-state index contributed by atoms with van der Waals surface area (Å²) < 4.78 is 5.51. The van der Waals surface area contributed by atoms with Crippen LogP contribution in [0, 0.1) is 5.92 Å². The van der Waals surface area contributed by atoms with E-state index in [4.69, 9.17) is 4.74 Å². The molecule has 0 aromatic carbocycles. The zero-order chi connectivity index (χ0) is 14.5. The standard InChI is InChI=1S/C15H24N4O2/c20-11-14-10-18(5-6-21-12-14)9-13-7-16-15(17-8-13)19-3-1-2-4-19/h7-8,14,20H,1-6,9-12H2/t14-/m0/s1. The molecule has 0 amide bonds. The smallest absolute Gasteiger partial charge is 0.225 e. The molecule has 3 rings (SSSR count). The molecule has 0 aliphatic carbocycles. The number of aromatic nitrogens is 2. The van der Waals surface area contributed by atoms with Gasteiger partial charge in [-0.15, -0.1) is 0 Å². The maximum atomic E-state index is 9.32. The highest BCUT2D eigenvalue weighted by Crippen LogP contribution is 2.16. The minimum atomic E-state index is 0.181. The molecule has 21 heavy (non-hydrogen) atoms. The summed E-state index contributed by atoms with van der Waals surface area (Å²) in [6.07, 6.45) is 6.34. The average Bonchev–Trinajstić information content (AvgIpc) is 2.96. The summed E-state index contributed by atoms with van der Waals surface area (Å²) in [4.78, 5) is 13.5. The van der Waals surface area contributed by atoms with E-state index in [1.165, 1.54) is 12.8 Å². The van der Waals surface area contributed by atoms with Crippen molar-refractivity contribution in [3.05, 3.63) is 18.0 Å². The molecule has 1 aromatic rings. The van der Waals surface area contributed by atoms with Crippen LogP contribution in [0.3, 0.4) is 0 Å². The minimum absolute atomic E-state index is 0.181. The summed E-state index contributed by atoms with van der Waals surface area (Å²) in [6, 6.07) is 0. The van der Waals surface area contributed by atoms with Crippen molar-refractivity contribution in [1.82, 2.24) is 14.9 Å². The normalized spacial score (nSPS) is 24.2. The summed E-state index contributed by atoms with van der Waals surface area (Å²) in [6.45, 7) is 6.28. The summed E-state index contributed by atoms with van der Waals surface area (Å²) in [5.41, 5.74) is 1.12. The maximum absolute atomic E-state index is 9.32. The number of aliphatic hydroxyl groups is 1. The topological polar surface area (TPSA) is 61.7 Å². The first-order chi connectivity index (χ1) is 10.3. The van der Waals surface area contributed by atoms with E-state index in [0.717, 1.165) is 50.8 Å². The molecule has 1 aromatic heterocycles. The van der Waals surface area contributed by atoms with Crippen LogP contribution in [-0.4, -0.2) is 66.0 Å². The highest BCUT2D eigenvalue weighted by molar-refractivity contribution is 5.30. The van der Waals surface area contributed by atoms with Gasteiger partial charge >= 0.3 is 0 Å². The van der Waals surface area contributed by atoms with Crippen molar-refractivity contribution in [3.63, 3.8) is 0 Å². The Morgan fingerprint density at radius 1 is 1.19 bits per heavy atom. The second-order valence-electron chi connectivity index (χ2n) is 5.94. The van der Waals surface area contributed by atoms with Gasteiger partial charge in [0.05, 0.1) is 13.2 Å². The van der Waals surface area contributed by atoms with Crippen molar-refractivity contribution in [2.24, 2.45) is 5.92 Å². The molecule has 2 fully saturated rings. The summed E-state index contributed by atoms with van der Waals surface area (Å²) in [7, 11) is 0. The molecule has 0 spiro atoms. The fourth-order valence-electron chi connectivity index (χ4n) is 2.98. The third kappa shape index (κ3) is 3.90. The molecular formula is C15H24N4O2. The van der Waals surface area contributed by atoms with Gasteiger partial charge < -0.3 is 14.7 Å². The van der Waals surface area contributed by atoms with Gasteiger partial charge in [0.1, 0.15) is 0 Å². The van der Waals surface area contributed by atoms with Gasteiger partial charge in [0.15, 0.2) is 0 Å². The lowest BCUT2D eigenvalue weighted by Gasteiger charge is -2.22. The third-order valence-corrected chi connectivity index (χ3v) is 4.17. The first kappa shape index (κ1) is 14.7. The second-order valence-corrected chi connectivity index (χ2v) is 5.94. The Hall–Kier alpha value is -1.24. The fourth-order valence-corrected chi connectivity index (χ4v) is 2.98. The van der Waals surface area contributed by atoms with Gasteiger partial charge in [-0.1, -0.05) is 0 Å². The van der Waals surface area contributed by atoms with E-state index >= 15 is 0 Å². The van der Waals surface area contributed by atoms with E-state index in [1.54, 1.807) is 0 Å². The van der Waals surface area contributed by atoms with E-state index in [2.05, 4.69) is 19.8 Å². The molecule has 1 N–H and O–H groups in total. The van der Waals surface area contributed by atoms with Crippen molar-refractivity contribution in [2.45, 2.75) is 19.4 Å². The zero-order valence-electron chi connectivity index (χ0n) is 12.4. The van der Waals surface area contributed by atoms with Crippen LogP contribution in [-0.2, 0) is 11.3 Å². The molecule has 0 bridgehead atoms. The number of ether oxygens (including phenoxy) is 1. The van der Waals surface area contributed by atoms with Gasteiger partial charge in [0, 0.05) is 63.2 Å². The summed E-state index contributed by atoms with van der Waals surface area (Å²) >= 11 is 0. The average molecular weight is 292 g/mol. The number of hydrogen-bond acceptors (Lipinski definition) is 6. The molecule has 2 aliphatic rings. The Bertz CT molecular complexity index is 434. The van der Waals surface area contributed by atoms with E-state index in [0.29, 0.717) is 6.61 Å². The Morgan fingerprint density at radius 3 is 2.67 bits per heavy atom. The van der Waals surface area contributed by atoms with Gasteiger partial charge in [-0.3, -0.25) is 4.90 Å². The van der Waals surface area contributed by atoms with Crippen molar-refractivity contribution in [3.8, 4) is 0 Å². The lowest BCUT2D eigenvalue weighted by molar-refractivity contribution is 0.0958. The molecule has 3 heterocycles. The Morgan fingerprint density at radius 2 is 1.95 bits per heavy atom. The number of hydrogen-bond donors (Lipinski definition) is 1. The number of aliphatic hydroxyl groups excluding tert-OH is 1. The second kappa shape index (κ2) is 7.15. The minimum Gasteiger partial charge on any atom is -0.396 e. The Kier molecular flexibility index (Phi) is 5.00. The van der Waals surface area contributed by atoms with Crippen LogP contribution in [0.2, 0.25) is 0 Å². The van der Waals surface area contributed by atoms with E-state index in [1.807, 2.05) is 12.4 Å². The molecule has 2 saturated heterocycles. The zero-order valence-corrected chi connectivity index (χ0v) is 12.4. The molecule has 0 saturated carbocycles. The monoisotopic (exact) mass is 292 g/mol. The van der Waals surface area contributed by atoms with Gasteiger partial charge in [-0.2, -0.15) is 0 Å². The van der Waals surface area contributed by atoms with E-state index in [-0.39, 0.29) is 12.5 Å². The van der Waals surface area contributed by atoms with Crippen LogP contribution < -0.4 is 4.90 Å². The Balaban J connectivity index is 1.58.